The first-order valence-corrected chi connectivity index (χ1v) is 11.9. The van der Waals surface area contributed by atoms with Crippen molar-refractivity contribution in [2.75, 3.05) is 20.2 Å². The Labute approximate surface area is 184 Å². The van der Waals surface area contributed by atoms with E-state index < -0.39 is 10.0 Å². The lowest BCUT2D eigenvalue weighted by atomic mass is 9.99. The van der Waals surface area contributed by atoms with E-state index in [1.165, 1.54) is 23.5 Å². The van der Waals surface area contributed by atoms with Crippen molar-refractivity contribution in [3.8, 4) is 11.5 Å². The van der Waals surface area contributed by atoms with E-state index in [0.29, 0.717) is 31.7 Å². The number of rotatable bonds is 8. The van der Waals surface area contributed by atoms with Gasteiger partial charge in [0.25, 0.3) is 0 Å². The third kappa shape index (κ3) is 5.98. The molecule has 0 unspecified atom stereocenters. The maximum Gasteiger partial charge on any atom is 0.243 e. The minimum absolute atomic E-state index is 0.106. The molecule has 7 nitrogen and oxygen atoms in total. The van der Waals surface area contributed by atoms with Crippen LogP contribution in [-0.4, -0.2) is 44.9 Å². The number of hydrogen-bond acceptors (Lipinski definition) is 5. The molecule has 31 heavy (non-hydrogen) atoms. The minimum Gasteiger partial charge on any atom is -0.497 e. The van der Waals surface area contributed by atoms with Crippen molar-refractivity contribution in [2.24, 2.45) is 5.92 Å². The highest BCUT2D eigenvalue weighted by Gasteiger charge is 2.33. The van der Waals surface area contributed by atoms with E-state index in [4.69, 9.17) is 9.47 Å². The molecule has 3 rings (SSSR count). The zero-order chi connectivity index (χ0) is 22.4. The van der Waals surface area contributed by atoms with Gasteiger partial charge in [-0.15, -0.1) is 0 Å². The minimum atomic E-state index is -3.65. The van der Waals surface area contributed by atoms with Gasteiger partial charge in [-0.3, -0.25) is 4.79 Å². The largest absolute Gasteiger partial charge is 0.497 e. The summed E-state index contributed by atoms with van der Waals surface area (Å²) in [5.41, 5.74) is 0.961. The van der Waals surface area contributed by atoms with Crippen LogP contribution in [0.1, 0.15) is 32.3 Å². The third-order valence-corrected chi connectivity index (χ3v) is 7.09. The SMILES string of the molecule is COc1ccc(S(=O)(=O)N2CCC[C@@H](C(=O)NCc3ccc(OC(C)C)cc3)C2)cc1. The molecule has 1 N–H and O–H groups in total. The zero-order valence-electron chi connectivity index (χ0n) is 18.2. The van der Waals surface area contributed by atoms with Crippen molar-refractivity contribution >= 4 is 15.9 Å². The lowest BCUT2D eigenvalue weighted by Gasteiger charge is -2.31. The Hall–Kier alpha value is -2.58. The lowest BCUT2D eigenvalue weighted by Crippen LogP contribution is -2.45. The van der Waals surface area contributed by atoms with Crippen LogP contribution < -0.4 is 14.8 Å². The van der Waals surface area contributed by atoms with Crippen LogP contribution in [0.3, 0.4) is 0 Å². The van der Waals surface area contributed by atoms with E-state index in [-0.39, 0.29) is 29.4 Å². The summed E-state index contributed by atoms with van der Waals surface area (Å²) in [4.78, 5) is 12.9. The van der Waals surface area contributed by atoms with Crippen LogP contribution in [0.4, 0.5) is 0 Å². The predicted molar refractivity (Wildman–Crippen MR) is 119 cm³/mol. The number of sulfonamides is 1. The highest BCUT2D eigenvalue weighted by atomic mass is 32.2. The van der Waals surface area contributed by atoms with Gasteiger partial charge in [0, 0.05) is 19.6 Å². The molecule has 1 aliphatic rings. The van der Waals surface area contributed by atoms with Crippen LogP contribution in [0.2, 0.25) is 0 Å². The Bertz CT molecular complexity index is 972. The van der Waals surface area contributed by atoms with Gasteiger partial charge in [0.05, 0.1) is 24.0 Å². The van der Waals surface area contributed by atoms with Crippen LogP contribution in [0.25, 0.3) is 0 Å². The summed E-state index contributed by atoms with van der Waals surface area (Å²) in [5, 5.41) is 2.94. The van der Waals surface area contributed by atoms with Crippen LogP contribution in [0.5, 0.6) is 11.5 Å². The Morgan fingerprint density at radius 1 is 1.10 bits per heavy atom. The summed E-state index contributed by atoms with van der Waals surface area (Å²) in [7, 11) is -2.12. The number of amides is 1. The molecule has 1 atom stereocenters. The second kappa shape index (κ2) is 10.2. The van der Waals surface area contributed by atoms with E-state index in [0.717, 1.165) is 11.3 Å². The van der Waals surface area contributed by atoms with Crippen molar-refractivity contribution < 1.29 is 22.7 Å². The highest BCUT2D eigenvalue weighted by Crippen LogP contribution is 2.25. The van der Waals surface area contributed by atoms with Gasteiger partial charge in [0.1, 0.15) is 11.5 Å². The van der Waals surface area contributed by atoms with E-state index in [1.807, 2.05) is 38.1 Å². The number of ether oxygens (including phenoxy) is 2. The highest BCUT2D eigenvalue weighted by molar-refractivity contribution is 7.89. The summed E-state index contributed by atoms with van der Waals surface area (Å²) >= 11 is 0. The second-order valence-corrected chi connectivity index (χ2v) is 9.84. The smallest absolute Gasteiger partial charge is 0.243 e. The van der Waals surface area contributed by atoms with Crippen molar-refractivity contribution in [1.29, 1.82) is 0 Å². The first kappa shape index (κ1) is 23.1. The fraction of sp³-hybridized carbons (Fsp3) is 0.435. The maximum absolute atomic E-state index is 13.0. The molecule has 8 heteroatoms. The predicted octanol–water partition coefficient (Wildman–Crippen LogP) is 3.20. The number of nitrogens with one attached hydrogen (secondary N) is 1. The fourth-order valence-corrected chi connectivity index (χ4v) is 5.09. The molecule has 0 saturated carbocycles. The summed E-state index contributed by atoms with van der Waals surface area (Å²) in [6.07, 6.45) is 1.42. The van der Waals surface area contributed by atoms with E-state index in [1.54, 1.807) is 12.1 Å². The molecule has 1 heterocycles. The average molecular weight is 447 g/mol. The van der Waals surface area contributed by atoms with E-state index in [2.05, 4.69) is 5.32 Å². The third-order valence-electron chi connectivity index (χ3n) is 5.21. The molecular weight excluding hydrogens is 416 g/mol. The first-order valence-electron chi connectivity index (χ1n) is 10.5. The van der Waals surface area contributed by atoms with Gasteiger partial charge in [-0.1, -0.05) is 12.1 Å². The van der Waals surface area contributed by atoms with Crippen LogP contribution in [-0.2, 0) is 21.4 Å². The Kier molecular flexibility index (Phi) is 7.56. The lowest BCUT2D eigenvalue weighted by molar-refractivity contribution is -0.126. The van der Waals surface area contributed by atoms with Gasteiger partial charge < -0.3 is 14.8 Å². The van der Waals surface area contributed by atoms with E-state index >= 15 is 0 Å². The molecule has 1 amide bonds. The molecule has 0 aliphatic carbocycles. The molecule has 1 saturated heterocycles. The number of nitrogens with zero attached hydrogens (tertiary/aromatic N) is 1. The molecule has 0 radical (unpaired) electrons. The zero-order valence-corrected chi connectivity index (χ0v) is 19.0. The monoisotopic (exact) mass is 446 g/mol. The summed E-state index contributed by atoms with van der Waals surface area (Å²) in [6, 6.07) is 13.9. The van der Waals surface area contributed by atoms with Gasteiger partial charge in [0.2, 0.25) is 15.9 Å². The summed E-state index contributed by atoms with van der Waals surface area (Å²) in [6.45, 7) is 4.92. The van der Waals surface area contributed by atoms with Gasteiger partial charge in [-0.2, -0.15) is 4.31 Å². The first-order chi connectivity index (χ1) is 14.8. The molecule has 2 aromatic carbocycles. The number of carbonyl (C=O) groups excluding carboxylic acids is 1. The average Bonchev–Trinajstić information content (AvgIpc) is 2.78. The standard InChI is InChI=1S/C23H30N2O5S/c1-17(2)30-21-8-6-18(7-9-21)15-24-23(26)19-5-4-14-25(16-19)31(27,28)22-12-10-20(29-3)11-13-22/h6-13,17,19H,4-5,14-16H2,1-3H3,(H,24,26)/t19-/m1/s1. The van der Waals surface area contributed by atoms with Gasteiger partial charge in [-0.05, 0) is 68.7 Å². The number of methoxy groups -OCH3 is 1. The molecule has 1 fully saturated rings. The number of piperidine rings is 1. The van der Waals surface area contributed by atoms with Gasteiger partial charge in [-0.25, -0.2) is 8.42 Å². The van der Waals surface area contributed by atoms with Crippen LogP contribution >= 0.6 is 0 Å². The normalized spacial score (nSPS) is 17.4. The van der Waals surface area contributed by atoms with Crippen molar-refractivity contribution in [3.63, 3.8) is 0 Å². The molecule has 0 spiro atoms. The van der Waals surface area contributed by atoms with Crippen molar-refractivity contribution in [1.82, 2.24) is 9.62 Å². The van der Waals surface area contributed by atoms with Crippen LogP contribution in [0, 0.1) is 5.92 Å². The summed E-state index contributed by atoms with van der Waals surface area (Å²) in [5.74, 6) is 0.887. The quantitative estimate of drug-likeness (QED) is 0.673. The molecule has 0 aromatic heterocycles. The van der Waals surface area contributed by atoms with Crippen LogP contribution in [0.15, 0.2) is 53.4 Å². The van der Waals surface area contributed by atoms with Gasteiger partial charge >= 0.3 is 0 Å². The molecule has 0 bridgehead atoms. The topological polar surface area (TPSA) is 84.9 Å². The van der Waals surface area contributed by atoms with Crippen molar-refractivity contribution in [2.45, 2.75) is 44.2 Å². The maximum atomic E-state index is 13.0. The molecule has 2 aromatic rings. The molecule has 168 valence electrons. The fourth-order valence-electron chi connectivity index (χ4n) is 3.56. The molecular formula is C23H30N2O5S. The number of carbonyl (C=O) groups is 1. The molecule has 1 aliphatic heterocycles. The number of hydrogen-bond donors (Lipinski definition) is 1. The Morgan fingerprint density at radius 3 is 2.35 bits per heavy atom. The second-order valence-electron chi connectivity index (χ2n) is 7.91. The van der Waals surface area contributed by atoms with E-state index in [9.17, 15) is 13.2 Å². The Morgan fingerprint density at radius 2 is 1.74 bits per heavy atom. The number of benzene rings is 2. The van der Waals surface area contributed by atoms with Crippen molar-refractivity contribution in [3.05, 3.63) is 54.1 Å². The Balaban J connectivity index is 1.58. The summed E-state index contributed by atoms with van der Waals surface area (Å²) < 4.78 is 38.1. The van der Waals surface area contributed by atoms with Gasteiger partial charge in [0.15, 0.2) is 0 Å².